The average Bonchev–Trinajstić information content (AvgIpc) is 3.29. The van der Waals surface area contributed by atoms with E-state index in [4.69, 9.17) is 4.74 Å². The van der Waals surface area contributed by atoms with Crippen LogP contribution < -0.4 is 5.32 Å². The molecule has 10 heteroatoms. The van der Waals surface area contributed by atoms with Crippen LogP contribution in [0.2, 0.25) is 0 Å². The summed E-state index contributed by atoms with van der Waals surface area (Å²) in [7, 11) is 0. The van der Waals surface area contributed by atoms with Crippen molar-refractivity contribution in [3.05, 3.63) is 77.2 Å². The molecule has 0 radical (unpaired) electrons. The molecule has 1 aliphatic heterocycles. The van der Waals surface area contributed by atoms with Gasteiger partial charge in [-0.3, -0.25) is 9.69 Å². The van der Waals surface area contributed by atoms with Crippen LogP contribution in [0.1, 0.15) is 28.0 Å². The largest absolute Gasteiger partial charge is 0.379 e. The van der Waals surface area contributed by atoms with Crippen LogP contribution in [0.4, 0.5) is 19.0 Å². The maximum atomic E-state index is 13.5. The second-order valence-electron chi connectivity index (χ2n) is 8.18. The van der Waals surface area contributed by atoms with Crippen LogP contribution in [0.25, 0.3) is 22.4 Å². The Morgan fingerprint density at radius 3 is 2.69 bits per heavy atom. The van der Waals surface area contributed by atoms with Crippen LogP contribution in [0.5, 0.6) is 0 Å². The van der Waals surface area contributed by atoms with Crippen LogP contribution in [0.3, 0.4) is 0 Å². The molecule has 2 aromatic heterocycles. The molecule has 0 unspecified atom stereocenters. The minimum atomic E-state index is -2.88. The Kier molecular flexibility index (Phi) is 6.47. The number of hydrogen-bond donors (Lipinski definition) is 2. The topological polar surface area (TPSA) is 83.1 Å². The Bertz CT molecular complexity index is 1370. The lowest BCUT2D eigenvalue weighted by Gasteiger charge is -2.26. The van der Waals surface area contributed by atoms with E-state index < -0.39 is 23.7 Å². The van der Waals surface area contributed by atoms with Gasteiger partial charge in [0.25, 0.3) is 12.3 Å². The first-order chi connectivity index (χ1) is 17.0. The van der Waals surface area contributed by atoms with Gasteiger partial charge in [-0.25, -0.2) is 23.1 Å². The van der Waals surface area contributed by atoms with E-state index in [1.807, 2.05) is 12.1 Å². The Labute approximate surface area is 199 Å². The molecule has 0 saturated carbocycles. The zero-order chi connectivity index (χ0) is 24.4. The van der Waals surface area contributed by atoms with Crippen molar-refractivity contribution in [3.8, 4) is 11.4 Å². The van der Waals surface area contributed by atoms with E-state index >= 15 is 0 Å². The van der Waals surface area contributed by atoms with Crippen LogP contribution in [-0.4, -0.2) is 52.1 Å². The highest BCUT2D eigenvalue weighted by Crippen LogP contribution is 2.32. The molecular formula is C25H22F3N5O2. The van der Waals surface area contributed by atoms with Crippen molar-refractivity contribution in [1.29, 1.82) is 0 Å². The number of nitrogens with zero attached hydrogens (tertiary/aromatic N) is 3. The average molecular weight is 481 g/mol. The number of rotatable bonds is 6. The second kappa shape index (κ2) is 9.85. The van der Waals surface area contributed by atoms with Gasteiger partial charge in [0.1, 0.15) is 23.0 Å². The molecule has 3 heterocycles. The molecule has 1 aliphatic rings. The van der Waals surface area contributed by atoms with Crippen molar-refractivity contribution in [1.82, 2.24) is 19.9 Å². The molecule has 1 saturated heterocycles. The van der Waals surface area contributed by atoms with Crippen molar-refractivity contribution in [2.45, 2.75) is 13.0 Å². The lowest BCUT2D eigenvalue weighted by molar-refractivity contribution is 0.0337. The molecule has 4 aromatic rings. The number of imidazole rings is 1. The number of amides is 1. The number of carbonyl (C=O) groups excluding carboxylic acids is 1. The smallest absolute Gasteiger partial charge is 0.264 e. The van der Waals surface area contributed by atoms with Gasteiger partial charge in [-0.15, -0.1) is 0 Å². The second-order valence-corrected chi connectivity index (χ2v) is 8.18. The zero-order valence-corrected chi connectivity index (χ0v) is 18.6. The number of pyridine rings is 1. The first kappa shape index (κ1) is 23.0. The fourth-order valence-corrected chi connectivity index (χ4v) is 4.08. The van der Waals surface area contributed by atoms with Gasteiger partial charge in [-0.05, 0) is 42.5 Å². The zero-order valence-electron chi connectivity index (χ0n) is 18.6. The van der Waals surface area contributed by atoms with E-state index in [1.54, 1.807) is 24.3 Å². The molecule has 0 aliphatic carbocycles. The summed E-state index contributed by atoms with van der Waals surface area (Å²) >= 11 is 0. The number of hydrogen-bond acceptors (Lipinski definition) is 5. The lowest BCUT2D eigenvalue weighted by Crippen LogP contribution is -2.35. The predicted molar refractivity (Wildman–Crippen MR) is 125 cm³/mol. The Morgan fingerprint density at radius 1 is 1.09 bits per heavy atom. The number of anilines is 1. The van der Waals surface area contributed by atoms with Crippen molar-refractivity contribution in [2.75, 3.05) is 31.6 Å². The minimum absolute atomic E-state index is 0.0708. The molecule has 0 spiro atoms. The number of nitrogens with one attached hydrogen (secondary N) is 2. The summed E-state index contributed by atoms with van der Waals surface area (Å²) in [6, 6.07) is 13.5. The first-order valence-electron chi connectivity index (χ1n) is 11.1. The maximum Gasteiger partial charge on any atom is 0.264 e. The third-order valence-electron chi connectivity index (χ3n) is 5.80. The van der Waals surface area contributed by atoms with Gasteiger partial charge >= 0.3 is 0 Å². The Morgan fingerprint density at radius 2 is 1.89 bits per heavy atom. The number of aromatic nitrogens is 3. The highest BCUT2D eigenvalue weighted by Gasteiger charge is 2.20. The van der Waals surface area contributed by atoms with E-state index in [2.05, 4.69) is 25.2 Å². The third-order valence-corrected chi connectivity index (χ3v) is 5.80. The molecule has 1 fully saturated rings. The van der Waals surface area contributed by atoms with Gasteiger partial charge in [-0.1, -0.05) is 12.1 Å². The van der Waals surface area contributed by atoms with E-state index in [-0.39, 0.29) is 17.0 Å². The standard InChI is InChI=1S/C25H22F3N5O2/c26-15-7-8-17(19(13-15)23(27)28)24-30-20-5-2-4-18(22(20)32-24)25(34)31-21-6-1-3-16(29-21)14-33-9-11-35-12-10-33/h1-8,13,23H,9-12,14H2,(H,30,32)(H,29,31,34). The van der Waals surface area contributed by atoms with E-state index in [0.717, 1.165) is 30.9 Å². The molecule has 180 valence electrons. The number of ether oxygens (including phenoxy) is 1. The van der Waals surface area contributed by atoms with Crippen molar-refractivity contribution < 1.29 is 22.7 Å². The SMILES string of the molecule is O=C(Nc1cccc(CN2CCOCC2)n1)c1cccc2[nH]c(-c3ccc(F)cc3C(F)F)nc12. The van der Waals surface area contributed by atoms with Gasteiger partial charge in [0.2, 0.25) is 0 Å². The molecule has 1 amide bonds. The number of carbonyl (C=O) groups is 1. The van der Waals surface area contributed by atoms with Gasteiger partial charge in [0.05, 0.1) is 30.0 Å². The van der Waals surface area contributed by atoms with Crippen LogP contribution in [0, 0.1) is 5.82 Å². The van der Waals surface area contributed by atoms with E-state index in [1.165, 1.54) is 6.07 Å². The number of H-pyrrole nitrogens is 1. The van der Waals surface area contributed by atoms with Gasteiger partial charge in [0.15, 0.2) is 0 Å². The minimum Gasteiger partial charge on any atom is -0.379 e. The highest BCUT2D eigenvalue weighted by molar-refractivity contribution is 6.11. The van der Waals surface area contributed by atoms with Crippen LogP contribution in [-0.2, 0) is 11.3 Å². The summed E-state index contributed by atoms with van der Waals surface area (Å²) in [5.41, 5.74) is 1.48. The molecule has 35 heavy (non-hydrogen) atoms. The molecular weight excluding hydrogens is 459 g/mol. The van der Waals surface area contributed by atoms with E-state index in [9.17, 15) is 18.0 Å². The van der Waals surface area contributed by atoms with Crippen LogP contribution >= 0.6 is 0 Å². The summed E-state index contributed by atoms with van der Waals surface area (Å²) in [5.74, 6) is -0.672. The predicted octanol–water partition coefficient (Wildman–Crippen LogP) is 4.79. The summed E-state index contributed by atoms with van der Waals surface area (Å²) < 4.78 is 45.9. The monoisotopic (exact) mass is 481 g/mol. The number of halogens is 3. The summed E-state index contributed by atoms with van der Waals surface area (Å²) in [5, 5.41) is 2.80. The highest BCUT2D eigenvalue weighted by atomic mass is 19.3. The summed E-state index contributed by atoms with van der Waals surface area (Å²) in [6.07, 6.45) is -2.88. The lowest BCUT2D eigenvalue weighted by atomic mass is 10.1. The van der Waals surface area contributed by atoms with Crippen LogP contribution in [0.15, 0.2) is 54.6 Å². The Hall–Kier alpha value is -3.76. The van der Waals surface area contributed by atoms with Crippen molar-refractivity contribution in [3.63, 3.8) is 0 Å². The molecule has 5 rings (SSSR count). The van der Waals surface area contributed by atoms with E-state index in [0.29, 0.717) is 36.6 Å². The van der Waals surface area contributed by atoms with Crippen molar-refractivity contribution in [2.24, 2.45) is 0 Å². The fraction of sp³-hybridized carbons (Fsp3) is 0.240. The summed E-state index contributed by atoms with van der Waals surface area (Å²) in [6.45, 7) is 3.66. The molecule has 2 N–H and O–H groups in total. The molecule has 0 atom stereocenters. The van der Waals surface area contributed by atoms with Gasteiger partial charge in [-0.2, -0.15) is 0 Å². The number of fused-ring (bicyclic) bond motifs is 1. The number of morpholine rings is 1. The van der Waals surface area contributed by atoms with Crippen molar-refractivity contribution >= 4 is 22.8 Å². The maximum absolute atomic E-state index is 13.5. The number of alkyl halides is 2. The summed E-state index contributed by atoms with van der Waals surface area (Å²) in [4.78, 5) is 27.2. The molecule has 7 nitrogen and oxygen atoms in total. The third kappa shape index (κ3) is 5.03. The Balaban J connectivity index is 1.40. The first-order valence-corrected chi connectivity index (χ1v) is 11.1. The number of aromatic amines is 1. The normalized spacial score (nSPS) is 14.5. The number of benzene rings is 2. The number of para-hydroxylation sites is 1. The quantitative estimate of drug-likeness (QED) is 0.414. The molecule has 0 bridgehead atoms. The fourth-order valence-electron chi connectivity index (χ4n) is 4.08. The molecule has 2 aromatic carbocycles. The van der Waals surface area contributed by atoms with Gasteiger partial charge < -0.3 is 15.0 Å². The van der Waals surface area contributed by atoms with Gasteiger partial charge in [0, 0.05) is 30.8 Å².